The summed E-state index contributed by atoms with van der Waals surface area (Å²) in [5.41, 5.74) is 1.98. The van der Waals surface area contributed by atoms with Gasteiger partial charge in [0.1, 0.15) is 5.76 Å². The van der Waals surface area contributed by atoms with Crippen LogP contribution in [0.5, 0.6) is 0 Å². The molecule has 0 spiro atoms. The van der Waals surface area contributed by atoms with Gasteiger partial charge >= 0.3 is 0 Å². The van der Waals surface area contributed by atoms with Gasteiger partial charge < -0.3 is 14.3 Å². The monoisotopic (exact) mass is 343 g/mol. The van der Waals surface area contributed by atoms with Crippen LogP contribution in [-0.4, -0.2) is 62.7 Å². The fourth-order valence-corrected chi connectivity index (χ4v) is 3.43. The van der Waals surface area contributed by atoms with Gasteiger partial charge in [-0.2, -0.15) is 5.10 Å². The predicted molar refractivity (Wildman–Crippen MR) is 88.2 cm³/mol. The zero-order valence-electron chi connectivity index (χ0n) is 14.3. The number of aromatic nitrogens is 3. The Balaban J connectivity index is 1.39. The summed E-state index contributed by atoms with van der Waals surface area (Å²) in [6, 6.07) is 3.55. The van der Waals surface area contributed by atoms with Crippen molar-refractivity contribution in [3.05, 3.63) is 35.0 Å². The van der Waals surface area contributed by atoms with Gasteiger partial charge in [0, 0.05) is 44.5 Å². The summed E-state index contributed by atoms with van der Waals surface area (Å²) >= 11 is 0. The Hall–Kier alpha value is -2.64. The van der Waals surface area contributed by atoms with Crippen LogP contribution in [0, 0.1) is 6.92 Å². The van der Waals surface area contributed by atoms with E-state index in [1.54, 1.807) is 22.8 Å². The van der Waals surface area contributed by atoms with Crippen molar-refractivity contribution < 1.29 is 14.1 Å². The first-order valence-corrected chi connectivity index (χ1v) is 8.70. The van der Waals surface area contributed by atoms with Crippen LogP contribution in [0.1, 0.15) is 45.3 Å². The molecule has 2 aliphatic rings. The Bertz CT molecular complexity index is 778. The molecule has 8 heteroatoms. The van der Waals surface area contributed by atoms with Crippen molar-refractivity contribution in [3.63, 3.8) is 0 Å². The van der Waals surface area contributed by atoms with E-state index in [2.05, 4.69) is 10.3 Å². The maximum atomic E-state index is 12.7. The molecule has 0 radical (unpaired) electrons. The van der Waals surface area contributed by atoms with Gasteiger partial charge in [-0.15, -0.1) is 0 Å². The number of hydrogen-bond donors (Lipinski definition) is 0. The first-order valence-electron chi connectivity index (χ1n) is 8.70. The van der Waals surface area contributed by atoms with Crippen molar-refractivity contribution in [2.45, 2.75) is 32.7 Å². The van der Waals surface area contributed by atoms with E-state index in [0.29, 0.717) is 43.3 Å². The maximum absolute atomic E-state index is 12.7. The molecule has 2 aliphatic heterocycles. The largest absolute Gasteiger partial charge is 0.361 e. The lowest BCUT2D eigenvalue weighted by Gasteiger charge is -2.34. The van der Waals surface area contributed by atoms with E-state index in [1.807, 2.05) is 10.7 Å². The molecule has 0 aliphatic carbocycles. The minimum Gasteiger partial charge on any atom is -0.361 e. The highest BCUT2D eigenvalue weighted by molar-refractivity contribution is 5.94. The van der Waals surface area contributed by atoms with Gasteiger partial charge in [-0.05, 0) is 32.3 Å². The molecule has 25 heavy (non-hydrogen) atoms. The summed E-state index contributed by atoms with van der Waals surface area (Å²) < 4.78 is 6.91. The number of carbonyl (C=O) groups excluding carboxylic acids is 2. The van der Waals surface area contributed by atoms with Crippen molar-refractivity contribution in [1.82, 2.24) is 24.7 Å². The van der Waals surface area contributed by atoms with E-state index < -0.39 is 0 Å². The lowest BCUT2D eigenvalue weighted by atomic mass is 10.1. The second-order valence-corrected chi connectivity index (χ2v) is 6.61. The number of amides is 2. The Morgan fingerprint density at radius 2 is 1.64 bits per heavy atom. The number of piperazine rings is 1. The molecular formula is C17H21N5O3. The fraction of sp³-hybridized carbons (Fsp3) is 0.529. The van der Waals surface area contributed by atoms with Crippen LogP contribution in [0.2, 0.25) is 0 Å². The third-order valence-corrected chi connectivity index (χ3v) is 4.84. The molecule has 1 saturated heterocycles. The maximum Gasteiger partial charge on any atom is 0.276 e. The fourth-order valence-electron chi connectivity index (χ4n) is 3.43. The first kappa shape index (κ1) is 15.9. The summed E-state index contributed by atoms with van der Waals surface area (Å²) in [5.74, 6) is 0.411. The normalized spacial score (nSPS) is 17.5. The summed E-state index contributed by atoms with van der Waals surface area (Å²) in [6.07, 6.45) is 3.26. The Kier molecular flexibility index (Phi) is 4.03. The minimum absolute atomic E-state index is 0.0497. The van der Waals surface area contributed by atoms with Gasteiger partial charge in [-0.3, -0.25) is 14.3 Å². The third kappa shape index (κ3) is 3.04. The molecule has 132 valence electrons. The highest BCUT2D eigenvalue weighted by Gasteiger charge is 2.28. The second kappa shape index (κ2) is 6.34. The van der Waals surface area contributed by atoms with Crippen LogP contribution in [0.15, 0.2) is 16.7 Å². The minimum atomic E-state index is -0.151. The van der Waals surface area contributed by atoms with Crippen LogP contribution in [0.3, 0.4) is 0 Å². The van der Waals surface area contributed by atoms with Crippen molar-refractivity contribution in [1.29, 1.82) is 0 Å². The molecule has 0 unspecified atom stereocenters. The average Bonchev–Trinajstić information content (AvgIpc) is 3.26. The van der Waals surface area contributed by atoms with Gasteiger partial charge in [0.25, 0.3) is 11.8 Å². The number of nitrogens with zero attached hydrogens (tertiary/aromatic N) is 5. The number of aryl methyl sites for hydroxylation is 3. The zero-order valence-corrected chi connectivity index (χ0v) is 14.3. The van der Waals surface area contributed by atoms with Crippen molar-refractivity contribution in [2.24, 2.45) is 0 Å². The van der Waals surface area contributed by atoms with Crippen LogP contribution in [0.25, 0.3) is 0 Å². The van der Waals surface area contributed by atoms with Gasteiger partial charge in [-0.1, -0.05) is 5.16 Å². The standard InChI is InChI=1S/C17H21N5O3/c1-12-10-15(19-25-12)17(24)21-8-6-20(7-9-21)16(23)14-11-13-4-2-3-5-22(13)18-14/h10-11H,2-9H2,1H3. The van der Waals surface area contributed by atoms with Gasteiger partial charge in [0.2, 0.25) is 0 Å². The average molecular weight is 343 g/mol. The topological polar surface area (TPSA) is 84.5 Å². The van der Waals surface area contributed by atoms with E-state index in [4.69, 9.17) is 4.52 Å². The first-order chi connectivity index (χ1) is 12.1. The lowest BCUT2D eigenvalue weighted by Crippen LogP contribution is -2.50. The molecule has 0 atom stereocenters. The zero-order chi connectivity index (χ0) is 17.4. The number of hydrogen-bond acceptors (Lipinski definition) is 5. The van der Waals surface area contributed by atoms with E-state index in [0.717, 1.165) is 31.5 Å². The Labute approximate surface area is 145 Å². The van der Waals surface area contributed by atoms with Crippen LogP contribution in [0.4, 0.5) is 0 Å². The molecule has 0 saturated carbocycles. The smallest absolute Gasteiger partial charge is 0.276 e. The molecule has 8 nitrogen and oxygen atoms in total. The molecular weight excluding hydrogens is 322 g/mol. The quantitative estimate of drug-likeness (QED) is 0.816. The van der Waals surface area contributed by atoms with Crippen LogP contribution < -0.4 is 0 Å². The molecule has 2 aromatic rings. The van der Waals surface area contributed by atoms with E-state index >= 15 is 0 Å². The predicted octanol–water partition coefficient (Wildman–Crippen LogP) is 1.11. The molecule has 0 aromatic carbocycles. The van der Waals surface area contributed by atoms with Crippen molar-refractivity contribution in [2.75, 3.05) is 26.2 Å². The van der Waals surface area contributed by atoms with E-state index in [1.165, 1.54) is 0 Å². The highest BCUT2D eigenvalue weighted by Crippen LogP contribution is 2.17. The SMILES string of the molecule is Cc1cc(C(=O)N2CCN(C(=O)c3cc4n(n3)CCCC4)CC2)no1. The molecule has 4 heterocycles. The molecule has 2 amide bonds. The Morgan fingerprint density at radius 1 is 0.960 bits per heavy atom. The third-order valence-electron chi connectivity index (χ3n) is 4.84. The number of fused-ring (bicyclic) bond motifs is 1. The molecule has 1 fully saturated rings. The highest BCUT2D eigenvalue weighted by atomic mass is 16.5. The summed E-state index contributed by atoms with van der Waals surface area (Å²) in [7, 11) is 0. The van der Waals surface area contributed by atoms with E-state index in [9.17, 15) is 9.59 Å². The van der Waals surface area contributed by atoms with E-state index in [-0.39, 0.29) is 11.8 Å². The van der Waals surface area contributed by atoms with Gasteiger partial charge in [0.15, 0.2) is 11.4 Å². The van der Waals surface area contributed by atoms with Crippen LogP contribution >= 0.6 is 0 Å². The summed E-state index contributed by atoms with van der Waals surface area (Å²) in [5, 5.41) is 8.22. The molecule has 0 N–H and O–H groups in total. The molecule has 0 bridgehead atoms. The second-order valence-electron chi connectivity index (χ2n) is 6.61. The number of rotatable bonds is 2. The molecule has 4 rings (SSSR count). The van der Waals surface area contributed by atoms with Crippen molar-refractivity contribution >= 4 is 11.8 Å². The van der Waals surface area contributed by atoms with Gasteiger partial charge in [-0.25, -0.2) is 0 Å². The van der Waals surface area contributed by atoms with Crippen LogP contribution in [-0.2, 0) is 13.0 Å². The summed E-state index contributed by atoms with van der Waals surface area (Å²) in [4.78, 5) is 28.5. The summed E-state index contributed by atoms with van der Waals surface area (Å²) in [6.45, 7) is 4.63. The Morgan fingerprint density at radius 3 is 2.24 bits per heavy atom. The lowest BCUT2D eigenvalue weighted by molar-refractivity contribution is 0.0526. The van der Waals surface area contributed by atoms with Gasteiger partial charge in [0.05, 0.1) is 0 Å². The molecule has 2 aromatic heterocycles. The van der Waals surface area contributed by atoms with Crippen molar-refractivity contribution in [3.8, 4) is 0 Å². The number of carbonyl (C=O) groups is 2.